The number of aliphatic hydroxyl groups is 1. The average Bonchev–Trinajstić information content (AvgIpc) is 3.21. The number of hydrogen-bond acceptors (Lipinski definition) is 2. The third kappa shape index (κ3) is 2.98. The second-order valence-corrected chi connectivity index (χ2v) is 7.58. The Morgan fingerprint density at radius 2 is 2.13 bits per heavy atom. The van der Waals surface area contributed by atoms with Crippen molar-refractivity contribution in [2.24, 2.45) is 35.5 Å². The first-order chi connectivity index (χ1) is 11.2. The molecule has 2 nitrogen and oxygen atoms in total. The zero-order chi connectivity index (χ0) is 16.4. The molecule has 0 amide bonds. The van der Waals surface area contributed by atoms with Crippen LogP contribution in [0.15, 0.2) is 37.0 Å². The van der Waals surface area contributed by atoms with Gasteiger partial charge in [0.05, 0.1) is 12.0 Å². The monoisotopic (exact) mass is 314 g/mol. The number of carbonyl (C=O) groups excluding carboxylic acids is 1. The van der Waals surface area contributed by atoms with Crippen molar-refractivity contribution in [3.05, 3.63) is 37.0 Å². The van der Waals surface area contributed by atoms with Gasteiger partial charge in [-0.05, 0) is 49.4 Å². The summed E-state index contributed by atoms with van der Waals surface area (Å²) in [4.78, 5) is 13.0. The molecule has 126 valence electrons. The summed E-state index contributed by atoms with van der Waals surface area (Å²) >= 11 is 0. The first-order valence-electron chi connectivity index (χ1n) is 9.36. The van der Waals surface area contributed by atoms with E-state index >= 15 is 0 Å². The first-order valence-corrected chi connectivity index (χ1v) is 9.36. The average molecular weight is 314 g/mol. The fourth-order valence-corrected chi connectivity index (χ4v) is 5.30. The van der Waals surface area contributed by atoms with Crippen LogP contribution >= 0.6 is 0 Å². The van der Waals surface area contributed by atoms with E-state index in [2.05, 4.69) is 31.7 Å². The minimum atomic E-state index is -0.626. The van der Waals surface area contributed by atoms with Gasteiger partial charge in [0.2, 0.25) is 0 Å². The van der Waals surface area contributed by atoms with Crippen molar-refractivity contribution < 1.29 is 9.90 Å². The number of unbranched alkanes of at least 4 members (excludes halogenated alkanes) is 3. The van der Waals surface area contributed by atoms with E-state index in [1.807, 2.05) is 12.2 Å². The second kappa shape index (κ2) is 7.17. The van der Waals surface area contributed by atoms with E-state index in [9.17, 15) is 9.90 Å². The number of ketones is 1. The predicted molar refractivity (Wildman–Crippen MR) is 93.8 cm³/mol. The SMILES string of the molecule is C=CC[C@@H]1[C@@H]([C@@H](O)/C=C/CCCCC)C(=O)[C@@H]2[C@H]1[C@@H]1C=C[C@H]2C1. The lowest BCUT2D eigenvalue weighted by Gasteiger charge is -2.27. The highest BCUT2D eigenvalue weighted by Crippen LogP contribution is 2.59. The van der Waals surface area contributed by atoms with Crippen LogP contribution in [0.5, 0.6) is 0 Å². The molecule has 0 spiro atoms. The standard InChI is InChI=1S/C21H30O2/c1-3-5-6-7-8-10-17(22)20-16(9-4-2)18-14-11-12-15(13-14)19(18)21(20)23/h4,8,10-12,14-20,22H,2-3,5-7,9,13H2,1H3/b10-8+/t14-,15+,16+,17+,18+,19+,20+/m1/s1. The summed E-state index contributed by atoms with van der Waals surface area (Å²) in [5, 5.41) is 10.7. The lowest BCUT2D eigenvalue weighted by Crippen LogP contribution is -2.30. The van der Waals surface area contributed by atoms with Crippen molar-refractivity contribution in [3.63, 3.8) is 0 Å². The highest BCUT2D eigenvalue weighted by atomic mass is 16.3. The normalized spacial score (nSPS) is 39.3. The molecular weight excluding hydrogens is 284 g/mol. The van der Waals surface area contributed by atoms with E-state index < -0.39 is 6.10 Å². The predicted octanol–water partition coefficient (Wildman–Crippen LogP) is 4.31. The maximum Gasteiger partial charge on any atom is 0.143 e. The molecular formula is C21H30O2. The number of hydrogen-bond donors (Lipinski definition) is 1. The number of carbonyl (C=O) groups is 1. The van der Waals surface area contributed by atoms with Gasteiger partial charge in [-0.1, -0.05) is 50.1 Å². The molecule has 0 radical (unpaired) electrons. The van der Waals surface area contributed by atoms with E-state index in [4.69, 9.17) is 0 Å². The van der Waals surface area contributed by atoms with Crippen molar-refractivity contribution in [2.45, 2.75) is 51.6 Å². The molecule has 2 saturated carbocycles. The quantitative estimate of drug-likeness (QED) is 0.535. The lowest BCUT2D eigenvalue weighted by molar-refractivity contribution is -0.127. The van der Waals surface area contributed by atoms with Crippen molar-refractivity contribution in [3.8, 4) is 0 Å². The molecule has 2 heteroatoms. The van der Waals surface area contributed by atoms with Gasteiger partial charge >= 0.3 is 0 Å². The summed E-state index contributed by atoms with van der Waals surface area (Å²) in [6.45, 7) is 6.08. The van der Waals surface area contributed by atoms with Crippen LogP contribution in [0, 0.1) is 35.5 Å². The Balaban J connectivity index is 1.70. The van der Waals surface area contributed by atoms with Gasteiger partial charge in [0.15, 0.2) is 0 Å². The maximum atomic E-state index is 13.0. The van der Waals surface area contributed by atoms with Crippen LogP contribution in [0.1, 0.15) is 45.4 Å². The summed E-state index contributed by atoms with van der Waals surface area (Å²) in [6, 6.07) is 0. The van der Waals surface area contributed by atoms with Crippen molar-refractivity contribution in [1.82, 2.24) is 0 Å². The third-order valence-electron chi connectivity index (χ3n) is 6.25. The molecule has 0 aromatic rings. The second-order valence-electron chi connectivity index (χ2n) is 7.58. The maximum absolute atomic E-state index is 13.0. The fourth-order valence-electron chi connectivity index (χ4n) is 5.30. The Kier molecular flexibility index (Phi) is 5.21. The molecule has 0 saturated heterocycles. The van der Waals surface area contributed by atoms with Crippen LogP contribution < -0.4 is 0 Å². The van der Waals surface area contributed by atoms with Crippen molar-refractivity contribution in [2.75, 3.05) is 0 Å². The molecule has 3 rings (SSSR count). The Bertz CT molecular complexity index is 504. The van der Waals surface area contributed by atoms with Gasteiger partial charge in [0.1, 0.15) is 5.78 Å². The minimum absolute atomic E-state index is 0.156. The van der Waals surface area contributed by atoms with Gasteiger partial charge in [-0.25, -0.2) is 0 Å². The summed E-state index contributed by atoms with van der Waals surface area (Å²) in [5.41, 5.74) is 0. The Hall–Kier alpha value is -1.15. The van der Waals surface area contributed by atoms with Gasteiger partial charge in [-0.2, -0.15) is 0 Å². The zero-order valence-corrected chi connectivity index (χ0v) is 14.2. The molecule has 2 fully saturated rings. The van der Waals surface area contributed by atoms with E-state index in [0.29, 0.717) is 23.5 Å². The number of allylic oxidation sites excluding steroid dienone is 4. The Morgan fingerprint density at radius 3 is 2.87 bits per heavy atom. The van der Waals surface area contributed by atoms with Crippen molar-refractivity contribution >= 4 is 5.78 Å². The molecule has 0 unspecified atom stereocenters. The smallest absolute Gasteiger partial charge is 0.143 e. The third-order valence-corrected chi connectivity index (χ3v) is 6.25. The van der Waals surface area contributed by atoms with Crippen LogP contribution in [-0.4, -0.2) is 17.0 Å². The summed E-state index contributed by atoms with van der Waals surface area (Å²) < 4.78 is 0. The van der Waals surface area contributed by atoms with Gasteiger partial charge in [0, 0.05) is 5.92 Å². The number of rotatable bonds is 8. The van der Waals surface area contributed by atoms with Gasteiger partial charge < -0.3 is 5.11 Å². The number of Topliss-reactive ketones (excluding diaryl/α,β-unsaturated/α-hetero) is 1. The highest BCUT2D eigenvalue weighted by Gasteiger charge is 2.60. The van der Waals surface area contributed by atoms with E-state index in [-0.39, 0.29) is 17.8 Å². The molecule has 0 aliphatic heterocycles. The summed E-state index contributed by atoms with van der Waals surface area (Å²) in [5.74, 6) is 1.91. The molecule has 0 heterocycles. The fraction of sp³-hybridized carbons (Fsp3) is 0.667. The van der Waals surface area contributed by atoms with Crippen LogP contribution in [0.25, 0.3) is 0 Å². The van der Waals surface area contributed by atoms with Crippen LogP contribution in [0.4, 0.5) is 0 Å². The number of aliphatic hydroxyl groups excluding tert-OH is 1. The van der Waals surface area contributed by atoms with E-state index in [0.717, 1.165) is 25.7 Å². The molecule has 3 aliphatic rings. The van der Waals surface area contributed by atoms with Crippen molar-refractivity contribution in [1.29, 1.82) is 0 Å². The van der Waals surface area contributed by atoms with Gasteiger partial charge in [-0.3, -0.25) is 4.79 Å². The first kappa shape index (κ1) is 16.7. The van der Waals surface area contributed by atoms with Crippen LogP contribution in [0.3, 0.4) is 0 Å². The lowest BCUT2D eigenvalue weighted by atomic mass is 9.77. The molecule has 0 aromatic heterocycles. The molecule has 23 heavy (non-hydrogen) atoms. The molecule has 3 aliphatic carbocycles. The minimum Gasteiger partial charge on any atom is -0.388 e. The molecule has 2 bridgehead atoms. The summed E-state index contributed by atoms with van der Waals surface area (Å²) in [6.07, 6.45) is 16.4. The topological polar surface area (TPSA) is 37.3 Å². The number of fused-ring (bicyclic) bond motifs is 5. The van der Waals surface area contributed by atoms with Crippen LogP contribution in [-0.2, 0) is 4.79 Å². The Labute approximate surface area is 140 Å². The zero-order valence-electron chi connectivity index (χ0n) is 14.2. The largest absolute Gasteiger partial charge is 0.388 e. The highest BCUT2D eigenvalue weighted by molar-refractivity contribution is 5.88. The molecule has 7 atom stereocenters. The summed E-state index contributed by atoms with van der Waals surface area (Å²) in [7, 11) is 0. The van der Waals surface area contributed by atoms with Gasteiger partial charge in [-0.15, -0.1) is 6.58 Å². The van der Waals surface area contributed by atoms with E-state index in [1.165, 1.54) is 12.8 Å². The van der Waals surface area contributed by atoms with Gasteiger partial charge in [0.25, 0.3) is 0 Å². The molecule has 0 aromatic carbocycles. The molecule has 1 N–H and O–H groups in total. The van der Waals surface area contributed by atoms with E-state index in [1.54, 1.807) is 0 Å². The van der Waals surface area contributed by atoms with Crippen LogP contribution in [0.2, 0.25) is 0 Å². The Morgan fingerprint density at radius 1 is 1.35 bits per heavy atom.